The molecule has 0 atom stereocenters. The predicted octanol–water partition coefficient (Wildman–Crippen LogP) is 1.97. The van der Waals surface area contributed by atoms with E-state index in [1.54, 1.807) is 6.92 Å². The molecule has 78 valence electrons. The van der Waals surface area contributed by atoms with Crippen LogP contribution in [-0.4, -0.2) is 9.67 Å². The molecule has 0 saturated heterocycles. The van der Waals surface area contributed by atoms with E-state index in [-0.39, 0.29) is 10.8 Å². The second kappa shape index (κ2) is 3.90. The topological polar surface area (TPSA) is 42.2 Å². The summed E-state index contributed by atoms with van der Waals surface area (Å²) in [5, 5.41) is 9.65. The zero-order valence-corrected chi connectivity index (χ0v) is 9.12. The third kappa shape index (κ3) is 1.94. The van der Waals surface area contributed by atoms with Gasteiger partial charge in [0.15, 0.2) is 0 Å². The molecule has 0 amide bonds. The molecule has 15 heavy (non-hydrogen) atoms. The highest BCUT2D eigenvalue weighted by atomic mass is 32.1. The number of hydrogen-bond donors (Lipinski definition) is 1. The van der Waals surface area contributed by atoms with E-state index in [1.807, 2.05) is 30.3 Å². The van der Waals surface area contributed by atoms with Gasteiger partial charge in [-0.25, -0.2) is 0 Å². The molecular weight excluding hydrogens is 210 g/mol. The normalized spacial score (nSPS) is 10.5. The maximum Gasteiger partial charge on any atom is 0.310 e. The van der Waals surface area contributed by atoms with Crippen LogP contribution in [0.4, 0.5) is 0 Å². The van der Waals surface area contributed by atoms with Crippen LogP contribution in [0.1, 0.15) is 10.4 Å². The average molecular weight is 221 g/mol. The molecule has 0 aliphatic carbocycles. The third-order valence-corrected chi connectivity index (χ3v) is 3.10. The molecule has 1 aromatic carbocycles. The Balaban J connectivity index is 2.37. The summed E-state index contributed by atoms with van der Waals surface area (Å²) in [5.74, 6) is 0.0776. The van der Waals surface area contributed by atoms with E-state index in [2.05, 4.69) is 0 Å². The van der Waals surface area contributed by atoms with Gasteiger partial charge in [-0.05, 0) is 12.5 Å². The van der Waals surface area contributed by atoms with Crippen LogP contribution in [0.5, 0.6) is 5.88 Å². The Bertz CT molecular complexity index is 513. The zero-order chi connectivity index (χ0) is 10.8. The van der Waals surface area contributed by atoms with E-state index < -0.39 is 0 Å². The van der Waals surface area contributed by atoms with E-state index >= 15 is 0 Å². The van der Waals surface area contributed by atoms with Crippen molar-refractivity contribution >= 4 is 11.3 Å². The number of rotatable bonds is 2. The summed E-state index contributed by atoms with van der Waals surface area (Å²) in [4.78, 5) is 12.0. The van der Waals surface area contributed by atoms with Crippen molar-refractivity contribution in [3.8, 4) is 5.88 Å². The molecule has 0 radical (unpaired) electrons. The van der Waals surface area contributed by atoms with Gasteiger partial charge in [-0.15, -0.1) is 0 Å². The van der Waals surface area contributed by atoms with Crippen LogP contribution in [0.3, 0.4) is 0 Å². The van der Waals surface area contributed by atoms with Crippen LogP contribution in [0.15, 0.2) is 35.1 Å². The summed E-state index contributed by atoms with van der Waals surface area (Å²) in [6.07, 6.45) is 0. The molecular formula is C11H11NO2S. The van der Waals surface area contributed by atoms with E-state index in [0.29, 0.717) is 11.4 Å². The summed E-state index contributed by atoms with van der Waals surface area (Å²) in [5.41, 5.74) is 1.01. The van der Waals surface area contributed by atoms with Gasteiger partial charge in [0.05, 0.1) is 11.4 Å². The molecule has 2 aromatic rings. The van der Waals surface area contributed by atoms with Crippen LogP contribution in [0.2, 0.25) is 0 Å². The van der Waals surface area contributed by atoms with E-state index in [9.17, 15) is 9.90 Å². The van der Waals surface area contributed by atoms with E-state index in [4.69, 9.17) is 0 Å². The van der Waals surface area contributed by atoms with Gasteiger partial charge in [0, 0.05) is 0 Å². The fourth-order valence-corrected chi connectivity index (χ4v) is 2.14. The van der Waals surface area contributed by atoms with Gasteiger partial charge in [-0.2, -0.15) is 0 Å². The summed E-state index contributed by atoms with van der Waals surface area (Å²) in [6, 6.07) is 9.61. The maximum absolute atomic E-state index is 11.5. The first kappa shape index (κ1) is 9.98. The molecule has 1 N–H and O–H groups in total. The summed E-state index contributed by atoms with van der Waals surface area (Å²) in [6.45, 7) is 2.17. The molecule has 0 saturated carbocycles. The van der Waals surface area contributed by atoms with E-state index in [1.165, 1.54) is 4.57 Å². The molecule has 3 nitrogen and oxygen atoms in total. The fourth-order valence-electron chi connectivity index (χ4n) is 1.41. The molecule has 4 heteroatoms. The van der Waals surface area contributed by atoms with Crippen molar-refractivity contribution < 1.29 is 5.11 Å². The molecule has 0 bridgehead atoms. The lowest BCUT2D eigenvalue weighted by molar-refractivity contribution is 0.418. The Hall–Kier alpha value is -1.55. The predicted molar refractivity (Wildman–Crippen MR) is 60.5 cm³/mol. The number of aromatic nitrogens is 1. The first-order valence-corrected chi connectivity index (χ1v) is 5.43. The van der Waals surface area contributed by atoms with Crippen LogP contribution < -0.4 is 4.87 Å². The van der Waals surface area contributed by atoms with Gasteiger partial charge in [0.25, 0.3) is 0 Å². The third-order valence-electron chi connectivity index (χ3n) is 2.21. The number of nitrogens with zero attached hydrogens (tertiary/aromatic N) is 1. The lowest BCUT2D eigenvalue weighted by Crippen LogP contribution is -2.13. The standard InChI is InChI=1S/C11H11NO2S/c1-8-10(13)12(11(14)15-8)7-9-5-3-2-4-6-9/h2-6,13H,7H2,1H3. The Kier molecular flexibility index (Phi) is 2.60. The lowest BCUT2D eigenvalue weighted by atomic mass is 10.2. The Morgan fingerprint density at radius 1 is 1.33 bits per heavy atom. The van der Waals surface area contributed by atoms with E-state index in [0.717, 1.165) is 16.9 Å². The smallest absolute Gasteiger partial charge is 0.310 e. The highest BCUT2D eigenvalue weighted by Crippen LogP contribution is 2.18. The van der Waals surface area contributed by atoms with Gasteiger partial charge in [-0.3, -0.25) is 9.36 Å². The lowest BCUT2D eigenvalue weighted by Gasteiger charge is -2.03. The number of thiazole rings is 1. The number of hydrogen-bond acceptors (Lipinski definition) is 3. The van der Waals surface area contributed by atoms with Crippen molar-refractivity contribution in [2.45, 2.75) is 13.5 Å². The van der Waals surface area contributed by atoms with Gasteiger partial charge in [0.1, 0.15) is 0 Å². The zero-order valence-electron chi connectivity index (χ0n) is 8.30. The largest absolute Gasteiger partial charge is 0.494 e. The monoisotopic (exact) mass is 221 g/mol. The van der Waals surface area contributed by atoms with Crippen molar-refractivity contribution in [3.63, 3.8) is 0 Å². The Labute approximate surface area is 91.2 Å². The molecule has 1 heterocycles. The van der Waals surface area contributed by atoms with Crippen LogP contribution in [-0.2, 0) is 6.54 Å². The van der Waals surface area contributed by atoms with Crippen molar-refractivity contribution in [2.24, 2.45) is 0 Å². The van der Waals surface area contributed by atoms with Crippen molar-refractivity contribution in [2.75, 3.05) is 0 Å². The van der Waals surface area contributed by atoms with Gasteiger partial charge < -0.3 is 5.11 Å². The SMILES string of the molecule is Cc1sc(=O)n(Cc2ccccc2)c1O. The van der Waals surface area contributed by atoms with Crippen molar-refractivity contribution in [1.82, 2.24) is 4.57 Å². The first-order chi connectivity index (χ1) is 7.18. The van der Waals surface area contributed by atoms with Crippen LogP contribution >= 0.6 is 11.3 Å². The summed E-state index contributed by atoms with van der Waals surface area (Å²) < 4.78 is 1.38. The fraction of sp³-hybridized carbons (Fsp3) is 0.182. The Morgan fingerprint density at radius 3 is 2.53 bits per heavy atom. The minimum Gasteiger partial charge on any atom is -0.494 e. The van der Waals surface area contributed by atoms with Gasteiger partial charge >= 0.3 is 4.87 Å². The second-order valence-corrected chi connectivity index (χ2v) is 4.49. The summed E-state index contributed by atoms with van der Waals surface area (Å²) in [7, 11) is 0. The van der Waals surface area contributed by atoms with Crippen molar-refractivity contribution in [3.05, 3.63) is 50.4 Å². The minimum atomic E-state index is -0.117. The highest BCUT2D eigenvalue weighted by molar-refractivity contribution is 7.09. The highest BCUT2D eigenvalue weighted by Gasteiger charge is 2.09. The number of aryl methyl sites for hydroxylation is 1. The molecule has 1 aromatic heterocycles. The maximum atomic E-state index is 11.5. The molecule has 0 aliphatic heterocycles. The second-order valence-electron chi connectivity index (χ2n) is 3.32. The molecule has 0 aliphatic rings. The molecule has 0 spiro atoms. The number of benzene rings is 1. The van der Waals surface area contributed by atoms with Crippen LogP contribution in [0, 0.1) is 6.92 Å². The molecule has 0 fully saturated rings. The van der Waals surface area contributed by atoms with Crippen LogP contribution in [0.25, 0.3) is 0 Å². The Morgan fingerprint density at radius 2 is 2.00 bits per heavy atom. The average Bonchev–Trinajstić information content (AvgIpc) is 2.47. The number of aromatic hydroxyl groups is 1. The van der Waals surface area contributed by atoms with Gasteiger partial charge in [-0.1, -0.05) is 41.7 Å². The molecule has 0 unspecified atom stereocenters. The molecule has 2 rings (SSSR count). The minimum absolute atomic E-state index is 0.0776. The van der Waals surface area contributed by atoms with Crippen molar-refractivity contribution in [1.29, 1.82) is 0 Å². The first-order valence-electron chi connectivity index (χ1n) is 4.61. The van der Waals surface area contributed by atoms with Gasteiger partial charge in [0.2, 0.25) is 5.88 Å². The quantitative estimate of drug-likeness (QED) is 0.842. The summed E-state index contributed by atoms with van der Waals surface area (Å²) >= 11 is 1.07.